The molecule has 0 unspecified atom stereocenters. The molecular weight excluding hydrogens is 340 g/mol. The van der Waals surface area contributed by atoms with E-state index in [1.54, 1.807) is 12.1 Å². The van der Waals surface area contributed by atoms with Crippen LogP contribution in [0.1, 0.15) is 0 Å². The Morgan fingerprint density at radius 2 is 1.78 bits per heavy atom. The van der Waals surface area contributed by atoms with Gasteiger partial charge in [-0.05, 0) is 24.3 Å². The molecular formula is C13H10F4N2O3S. The number of aromatic nitrogens is 2. The van der Waals surface area contributed by atoms with E-state index in [0.29, 0.717) is 0 Å². The molecule has 0 fully saturated rings. The lowest BCUT2D eigenvalue weighted by Gasteiger charge is -2.08. The Hall–Kier alpha value is -2.20. The van der Waals surface area contributed by atoms with Crippen LogP contribution >= 0.6 is 0 Å². The van der Waals surface area contributed by atoms with E-state index in [0.717, 1.165) is 21.9 Å². The van der Waals surface area contributed by atoms with Crippen LogP contribution in [0.3, 0.4) is 0 Å². The van der Waals surface area contributed by atoms with Gasteiger partial charge in [-0.1, -0.05) is 0 Å². The van der Waals surface area contributed by atoms with Gasteiger partial charge < -0.3 is 9.54 Å². The molecule has 0 aliphatic rings. The number of hydrogen-bond acceptors (Lipinski definition) is 3. The van der Waals surface area contributed by atoms with Crippen LogP contribution in [0.15, 0.2) is 36.5 Å². The maximum Gasteiger partial charge on any atom is 0.485 e. The van der Waals surface area contributed by atoms with Gasteiger partial charge in [0.15, 0.2) is 16.3 Å². The van der Waals surface area contributed by atoms with Gasteiger partial charge in [0.1, 0.15) is 18.4 Å². The minimum absolute atomic E-state index is 0.202. The molecule has 0 atom stereocenters. The predicted molar refractivity (Wildman–Crippen MR) is 72.7 cm³/mol. The average Bonchev–Trinajstić information content (AvgIpc) is 2.76. The Morgan fingerprint density at radius 1 is 1.17 bits per heavy atom. The number of aryl methyl sites for hydroxylation is 1. The quantitative estimate of drug-likeness (QED) is 0.293. The lowest BCUT2D eigenvalue weighted by molar-refractivity contribution is -0.644. The van der Waals surface area contributed by atoms with Crippen LogP contribution in [-0.4, -0.2) is 23.5 Å². The van der Waals surface area contributed by atoms with Crippen molar-refractivity contribution in [3.63, 3.8) is 0 Å². The zero-order valence-corrected chi connectivity index (χ0v) is 12.4. The van der Waals surface area contributed by atoms with Gasteiger partial charge in [-0.25, -0.2) is 12.8 Å². The highest BCUT2D eigenvalue weighted by molar-refractivity contribution is 7.86. The maximum atomic E-state index is 13.2. The molecule has 10 heteroatoms. The molecule has 0 saturated carbocycles. The number of fused-ring (bicyclic) bond motifs is 3. The van der Waals surface area contributed by atoms with Crippen LogP contribution in [0.25, 0.3) is 21.9 Å². The van der Waals surface area contributed by atoms with Crippen molar-refractivity contribution < 1.29 is 35.1 Å². The first-order chi connectivity index (χ1) is 10.5. The summed E-state index contributed by atoms with van der Waals surface area (Å²) in [7, 11) is -4.13. The third-order valence-corrected chi connectivity index (χ3v) is 3.54. The fourth-order valence-corrected chi connectivity index (χ4v) is 2.01. The van der Waals surface area contributed by atoms with Crippen molar-refractivity contribution >= 4 is 32.1 Å². The van der Waals surface area contributed by atoms with Crippen LogP contribution in [0.2, 0.25) is 0 Å². The molecule has 1 N–H and O–H groups in total. The standard InChI is InChI=1S/C12H9FN2.CHF3O3S/c1-15-6-2-3-11-12(15)9-7-8(13)4-5-10(9)14-11;2-1(3,4)8(5,6)7/h2-7H,1H3;(H,5,6,7). The van der Waals surface area contributed by atoms with E-state index >= 15 is 0 Å². The number of alkyl halides is 3. The second-order valence-electron chi connectivity index (χ2n) is 4.60. The first kappa shape index (κ1) is 17.2. The number of nitrogens with one attached hydrogen (secondary N) is 1. The van der Waals surface area contributed by atoms with Gasteiger partial charge in [0.25, 0.3) is 0 Å². The van der Waals surface area contributed by atoms with E-state index in [4.69, 9.17) is 13.0 Å². The summed E-state index contributed by atoms with van der Waals surface area (Å²) < 4.78 is 74.0. The topological polar surface area (TPSA) is 76.9 Å². The van der Waals surface area contributed by atoms with Crippen LogP contribution in [0, 0.1) is 5.82 Å². The van der Waals surface area contributed by atoms with Gasteiger partial charge in [0.05, 0.1) is 10.9 Å². The number of H-pyrrole nitrogens is 1. The van der Waals surface area contributed by atoms with E-state index < -0.39 is 15.6 Å². The number of pyridine rings is 1. The number of rotatable bonds is 0. The third kappa shape index (κ3) is 3.59. The van der Waals surface area contributed by atoms with E-state index in [1.807, 2.05) is 29.9 Å². The smallest absolute Gasteiger partial charge is 0.485 e. The molecule has 3 rings (SSSR count). The summed E-state index contributed by atoms with van der Waals surface area (Å²) in [5.74, 6) is -0.202. The zero-order chi connectivity index (χ0) is 17.4. The maximum absolute atomic E-state index is 13.2. The molecule has 23 heavy (non-hydrogen) atoms. The minimum atomic E-state index is -6.09. The summed E-state index contributed by atoms with van der Waals surface area (Å²) in [6, 6.07) is 8.76. The highest BCUT2D eigenvalue weighted by atomic mass is 32.2. The molecule has 0 saturated heterocycles. The van der Waals surface area contributed by atoms with Crippen LogP contribution in [0.4, 0.5) is 17.6 Å². The van der Waals surface area contributed by atoms with Crippen molar-refractivity contribution in [3.8, 4) is 0 Å². The molecule has 0 radical (unpaired) electrons. The number of benzene rings is 1. The van der Waals surface area contributed by atoms with Crippen molar-refractivity contribution in [1.82, 2.24) is 4.98 Å². The molecule has 0 amide bonds. The SMILES string of the molecule is C[n+]1cccc2[nH]c3ccc(F)cc3c21.O=S(=O)([O-])C(F)(F)F. The fraction of sp³-hybridized carbons (Fsp3) is 0.154. The second kappa shape index (κ2) is 5.78. The summed E-state index contributed by atoms with van der Waals surface area (Å²) >= 11 is 0. The first-order valence-electron chi connectivity index (χ1n) is 6.08. The third-order valence-electron chi connectivity index (χ3n) is 2.97. The van der Waals surface area contributed by atoms with Crippen molar-refractivity contribution in [2.45, 2.75) is 5.51 Å². The number of aromatic amines is 1. The van der Waals surface area contributed by atoms with Crippen LogP contribution in [0.5, 0.6) is 0 Å². The van der Waals surface area contributed by atoms with Gasteiger partial charge in [-0.3, -0.25) is 0 Å². The number of hydrogen-bond donors (Lipinski definition) is 1. The Balaban J connectivity index is 0.000000207. The molecule has 0 aliphatic heterocycles. The number of nitrogens with zero attached hydrogens (tertiary/aromatic N) is 1. The molecule has 1 aromatic carbocycles. The molecule has 2 heterocycles. The average molecular weight is 350 g/mol. The van der Waals surface area contributed by atoms with E-state index in [9.17, 15) is 17.6 Å². The lowest BCUT2D eigenvalue weighted by atomic mass is 10.2. The number of halogens is 4. The largest absolute Gasteiger partial charge is 0.741 e. The molecule has 0 spiro atoms. The van der Waals surface area contributed by atoms with Gasteiger partial charge in [-0.15, -0.1) is 0 Å². The summed E-state index contributed by atoms with van der Waals surface area (Å²) in [4.78, 5) is 3.26. The van der Waals surface area contributed by atoms with Crippen LogP contribution in [-0.2, 0) is 17.2 Å². The summed E-state index contributed by atoms with van der Waals surface area (Å²) in [6.07, 6.45) is 1.96. The molecule has 5 nitrogen and oxygen atoms in total. The molecule has 2 aromatic heterocycles. The van der Waals surface area contributed by atoms with Gasteiger partial charge in [0, 0.05) is 6.07 Å². The van der Waals surface area contributed by atoms with E-state index in [1.165, 1.54) is 6.07 Å². The van der Waals surface area contributed by atoms with Gasteiger partial charge in [0.2, 0.25) is 5.52 Å². The first-order valence-corrected chi connectivity index (χ1v) is 7.49. The molecule has 124 valence electrons. The summed E-state index contributed by atoms with van der Waals surface area (Å²) in [6.45, 7) is 0. The van der Waals surface area contributed by atoms with Crippen molar-refractivity contribution in [2.75, 3.05) is 0 Å². The van der Waals surface area contributed by atoms with Crippen molar-refractivity contribution in [1.29, 1.82) is 0 Å². The Bertz CT molecular complexity index is 964. The Labute approximate surface area is 127 Å². The monoisotopic (exact) mass is 350 g/mol. The Morgan fingerprint density at radius 3 is 2.35 bits per heavy atom. The summed E-state index contributed by atoms with van der Waals surface area (Å²) in [5.41, 5.74) is -2.62. The van der Waals surface area contributed by atoms with Gasteiger partial charge in [-0.2, -0.15) is 17.7 Å². The normalized spacial score (nSPS) is 12.3. The molecule has 3 aromatic rings. The van der Waals surface area contributed by atoms with Crippen LogP contribution < -0.4 is 4.57 Å². The molecule has 0 aliphatic carbocycles. The van der Waals surface area contributed by atoms with Gasteiger partial charge >= 0.3 is 5.51 Å². The highest BCUT2D eigenvalue weighted by Gasteiger charge is 2.36. The van der Waals surface area contributed by atoms with E-state index in [-0.39, 0.29) is 5.82 Å². The van der Waals surface area contributed by atoms with E-state index in [2.05, 4.69) is 4.98 Å². The fourth-order valence-electron chi connectivity index (χ4n) is 2.01. The van der Waals surface area contributed by atoms with Crippen molar-refractivity contribution in [2.24, 2.45) is 7.05 Å². The predicted octanol–water partition coefficient (Wildman–Crippen LogP) is 2.34. The molecule has 0 bridgehead atoms. The highest BCUT2D eigenvalue weighted by Crippen LogP contribution is 2.22. The zero-order valence-electron chi connectivity index (χ0n) is 11.6. The Kier molecular flexibility index (Phi) is 4.31. The lowest BCUT2D eigenvalue weighted by Crippen LogP contribution is -2.27. The summed E-state index contributed by atoms with van der Waals surface area (Å²) in [5, 5.41) is 0.924. The van der Waals surface area contributed by atoms with Crippen molar-refractivity contribution in [3.05, 3.63) is 42.3 Å². The second-order valence-corrected chi connectivity index (χ2v) is 5.97. The minimum Gasteiger partial charge on any atom is -0.741 e.